The summed E-state index contributed by atoms with van der Waals surface area (Å²) in [5.41, 5.74) is 0.180. The lowest BCUT2D eigenvalue weighted by Gasteiger charge is -2.33. The minimum Gasteiger partial charge on any atom is -0.476 e. The van der Waals surface area contributed by atoms with Gasteiger partial charge in [0.05, 0.1) is 19.3 Å². The molecule has 1 aliphatic rings. The average molecular weight is 352 g/mol. The van der Waals surface area contributed by atoms with E-state index in [2.05, 4.69) is 10.3 Å². The zero-order chi connectivity index (χ0) is 18.0. The number of nitrogens with zero attached hydrogens (tertiary/aromatic N) is 4. The van der Waals surface area contributed by atoms with Gasteiger partial charge in [0.15, 0.2) is 17.3 Å². The Morgan fingerprint density at radius 3 is 2.80 bits per heavy atom. The van der Waals surface area contributed by atoms with Crippen LogP contribution in [0.1, 0.15) is 22.2 Å². The fourth-order valence-corrected chi connectivity index (χ4v) is 2.50. The Morgan fingerprint density at radius 2 is 2.12 bits per heavy atom. The Bertz CT molecular complexity index is 811. The lowest BCUT2D eigenvalue weighted by atomic mass is 10.1. The minimum atomic E-state index is -1.23. The van der Waals surface area contributed by atoms with Crippen molar-refractivity contribution < 1.29 is 28.2 Å². The van der Waals surface area contributed by atoms with Gasteiger partial charge in [-0.1, -0.05) is 11.3 Å². The number of carbonyl (C=O) groups is 2. The lowest BCUT2D eigenvalue weighted by molar-refractivity contribution is -0.139. The molecule has 0 aliphatic carbocycles. The molecule has 10 heteroatoms. The molecule has 1 aromatic heterocycles. The van der Waals surface area contributed by atoms with Gasteiger partial charge in [0.25, 0.3) is 0 Å². The SMILES string of the molecule is O=C(O)c1cn(CC(=O)N2CCOC(c3ccc(F)c(F)c3)C2)nn1. The predicted octanol–water partition coefficient (Wildman–Crippen LogP) is 0.855. The van der Waals surface area contributed by atoms with E-state index in [0.717, 1.165) is 23.0 Å². The van der Waals surface area contributed by atoms with Crippen LogP contribution < -0.4 is 0 Å². The smallest absolute Gasteiger partial charge is 0.358 e. The van der Waals surface area contributed by atoms with Gasteiger partial charge >= 0.3 is 5.97 Å². The third-order valence-electron chi connectivity index (χ3n) is 3.79. The quantitative estimate of drug-likeness (QED) is 0.876. The maximum absolute atomic E-state index is 13.4. The lowest BCUT2D eigenvalue weighted by Crippen LogP contribution is -2.43. The van der Waals surface area contributed by atoms with Gasteiger partial charge < -0.3 is 14.7 Å². The highest BCUT2D eigenvalue weighted by atomic mass is 19.2. The summed E-state index contributed by atoms with van der Waals surface area (Å²) in [5, 5.41) is 15.8. The summed E-state index contributed by atoms with van der Waals surface area (Å²) in [4.78, 5) is 24.6. The Labute approximate surface area is 140 Å². The van der Waals surface area contributed by atoms with E-state index in [-0.39, 0.29) is 31.3 Å². The van der Waals surface area contributed by atoms with Crippen molar-refractivity contribution in [1.29, 1.82) is 0 Å². The van der Waals surface area contributed by atoms with Crippen LogP contribution in [0.3, 0.4) is 0 Å². The van der Waals surface area contributed by atoms with Crippen LogP contribution in [0.25, 0.3) is 0 Å². The number of hydrogen-bond donors (Lipinski definition) is 1. The molecule has 1 aromatic carbocycles. The predicted molar refractivity (Wildman–Crippen MR) is 78.6 cm³/mol. The molecule has 0 spiro atoms. The number of rotatable bonds is 4. The molecular weight excluding hydrogens is 338 g/mol. The maximum atomic E-state index is 13.4. The molecular formula is C15H14F2N4O4. The summed E-state index contributed by atoms with van der Waals surface area (Å²) in [6.07, 6.45) is 0.589. The van der Waals surface area contributed by atoms with Crippen LogP contribution in [0, 0.1) is 11.6 Å². The van der Waals surface area contributed by atoms with Crippen LogP contribution in [0.5, 0.6) is 0 Å². The summed E-state index contributed by atoms with van der Waals surface area (Å²) in [7, 11) is 0. The van der Waals surface area contributed by atoms with Crippen molar-refractivity contribution in [3.8, 4) is 0 Å². The highest BCUT2D eigenvalue weighted by Gasteiger charge is 2.26. The average Bonchev–Trinajstić information content (AvgIpc) is 3.06. The second kappa shape index (κ2) is 6.93. The molecule has 1 unspecified atom stereocenters. The van der Waals surface area contributed by atoms with E-state index in [0.29, 0.717) is 12.1 Å². The Morgan fingerprint density at radius 1 is 1.32 bits per heavy atom. The second-order valence-corrected chi connectivity index (χ2v) is 5.48. The number of hydrogen-bond acceptors (Lipinski definition) is 5. The van der Waals surface area contributed by atoms with Gasteiger partial charge in [0, 0.05) is 6.54 Å². The molecule has 1 aliphatic heterocycles. The summed E-state index contributed by atoms with van der Waals surface area (Å²) < 4.78 is 33.1. The molecule has 2 aromatic rings. The van der Waals surface area contributed by atoms with Crippen LogP contribution in [-0.2, 0) is 16.1 Å². The van der Waals surface area contributed by atoms with Crippen LogP contribution >= 0.6 is 0 Å². The number of morpholine rings is 1. The molecule has 1 N–H and O–H groups in total. The first-order valence-corrected chi connectivity index (χ1v) is 7.42. The zero-order valence-corrected chi connectivity index (χ0v) is 12.9. The molecule has 132 valence electrons. The van der Waals surface area contributed by atoms with Crippen molar-refractivity contribution in [2.75, 3.05) is 19.7 Å². The highest BCUT2D eigenvalue weighted by molar-refractivity contribution is 5.84. The van der Waals surface area contributed by atoms with Crippen molar-refractivity contribution >= 4 is 11.9 Å². The Kier molecular flexibility index (Phi) is 4.70. The van der Waals surface area contributed by atoms with Gasteiger partial charge in [-0.2, -0.15) is 0 Å². The minimum absolute atomic E-state index is 0.171. The van der Waals surface area contributed by atoms with Crippen molar-refractivity contribution in [2.24, 2.45) is 0 Å². The number of aromatic nitrogens is 3. The van der Waals surface area contributed by atoms with Gasteiger partial charge in [-0.05, 0) is 17.7 Å². The number of amides is 1. The van der Waals surface area contributed by atoms with E-state index >= 15 is 0 Å². The molecule has 8 nitrogen and oxygen atoms in total. The maximum Gasteiger partial charge on any atom is 0.358 e. The molecule has 1 amide bonds. The number of carbonyl (C=O) groups excluding carboxylic acids is 1. The zero-order valence-electron chi connectivity index (χ0n) is 12.9. The van der Waals surface area contributed by atoms with Crippen molar-refractivity contribution in [3.05, 3.63) is 47.3 Å². The first kappa shape index (κ1) is 17.0. The number of carboxylic acid groups (broad SMARTS) is 1. The van der Waals surface area contributed by atoms with E-state index in [9.17, 15) is 18.4 Å². The Balaban J connectivity index is 1.66. The van der Waals surface area contributed by atoms with Gasteiger partial charge in [0.1, 0.15) is 12.6 Å². The first-order valence-electron chi connectivity index (χ1n) is 7.42. The van der Waals surface area contributed by atoms with E-state index in [1.807, 2.05) is 0 Å². The normalized spacial score (nSPS) is 17.5. The monoisotopic (exact) mass is 352 g/mol. The highest BCUT2D eigenvalue weighted by Crippen LogP contribution is 2.24. The van der Waals surface area contributed by atoms with Crippen LogP contribution in [0.4, 0.5) is 8.78 Å². The second-order valence-electron chi connectivity index (χ2n) is 5.48. The van der Waals surface area contributed by atoms with Gasteiger partial charge in [0.2, 0.25) is 5.91 Å². The summed E-state index contributed by atoms with van der Waals surface area (Å²) in [6.45, 7) is 0.571. The molecule has 3 rings (SSSR count). The number of benzene rings is 1. The summed E-state index contributed by atoms with van der Waals surface area (Å²) >= 11 is 0. The topological polar surface area (TPSA) is 97.5 Å². The van der Waals surface area contributed by atoms with Crippen molar-refractivity contribution in [2.45, 2.75) is 12.6 Å². The van der Waals surface area contributed by atoms with Gasteiger partial charge in [-0.3, -0.25) is 4.79 Å². The van der Waals surface area contributed by atoms with Gasteiger partial charge in [-0.15, -0.1) is 5.10 Å². The summed E-state index contributed by atoms with van der Waals surface area (Å²) in [5.74, 6) is -3.47. The third-order valence-corrected chi connectivity index (χ3v) is 3.79. The number of carboxylic acids is 1. The van der Waals surface area contributed by atoms with Gasteiger partial charge in [-0.25, -0.2) is 18.3 Å². The van der Waals surface area contributed by atoms with Crippen molar-refractivity contribution in [3.63, 3.8) is 0 Å². The molecule has 1 saturated heterocycles. The molecule has 2 heterocycles. The van der Waals surface area contributed by atoms with E-state index in [1.54, 1.807) is 0 Å². The van der Waals surface area contributed by atoms with E-state index in [1.165, 1.54) is 11.0 Å². The molecule has 1 atom stereocenters. The van der Waals surface area contributed by atoms with Crippen molar-refractivity contribution in [1.82, 2.24) is 19.9 Å². The van der Waals surface area contributed by atoms with E-state index in [4.69, 9.17) is 9.84 Å². The largest absolute Gasteiger partial charge is 0.476 e. The standard InChI is InChI=1S/C15H14F2N4O4/c16-10-2-1-9(5-11(10)17)13-7-20(3-4-25-13)14(22)8-21-6-12(15(23)24)18-19-21/h1-2,5-6,13H,3-4,7-8H2,(H,23,24). The van der Waals surface area contributed by atoms with Crippen LogP contribution in [0.15, 0.2) is 24.4 Å². The number of halogens is 2. The Hall–Kier alpha value is -2.88. The van der Waals surface area contributed by atoms with E-state index < -0.39 is 23.7 Å². The molecule has 0 saturated carbocycles. The molecule has 1 fully saturated rings. The number of ether oxygens (including phenoxy) is 1. The fraction of sp³-hybridized carbons (Fsp3) is 0.333. The number of aromatic carboxylic acids is 1. The fourth-order valence-electron chi connectivity index (χ4n) is 2.50. The first-order chi connectivity index (χ1) is 11.9. The molecule has 25 heavy (non-hydrogen) atoms. The molecule has 0 bridgehead atoms. The third kappa shape index (κ3) is 3.79. The van der Waals surface area contributed by atoms with Crippen LogP contribution in [0.2, 0.25) is 0 Å². The van der Waals surface area contributed by atoms with Crippen LogP contribution in [-0.4, -0.2) is 56.6 Å². The summed E-state index contributed by atoms with van der Waals surface area (Å²) in [6, 6.07) is 3.47. The molecule has 0 radical (unpaired) electrons.